The van der Waals surface area contributed by atoms with Crippen molar-refractivity contribution in [3.63, 3.8) is 0 Å². The molecule has 1 aliphatic heterocycles. The molecule has 0 bridgehead atoms. The summed E-state index contributed by atoms with van der Waals surface area (Å²) >= 11 is 0. The number of benzene rings is 1. The van der Waals surface area contributed by atoms with Gasteiger partial charge in [0.1, 0.15) is 0 Å². The van der Waals surface area contributed by atoms with E-state index in [-0.39, 0.29) is 6.04 Å². The molecule has 1 aliphatic rings. The molecule has 1 aromatic carbocycles. The molecule has 2 rings (SSSR count). The molecule has 1 heterocycles. The Morgan fingerprint density at radius 2 is 2.10 bits per heavy atom. The first-order chi connectivity index (χ1) is 10.1. The molecular weight excluding hydrogens is 274 g/mol. The van der Waals surface area contributed by atoms with Gasteiger partial charge in [0.2, 0.25) is 0 Å². The van der Waals surface area contributed by atoms with Crippen molar-refractivity contribution in [2.24, 2.45) is 0 Å². The lowest BCUT2D eigenvalue weighted by atomic mass is 10.1. The van der Waals surface area contributed by atoms with Gasteiger partial charge in [0, 0.05) is 13.1 Å². The van der Waals surface area contributed by atoms with Crippen LogP contribution in [0.25, 0.3) is 0 Å². The summed E-state index contributed by atoms with van der Waals surface area (Å²) in [6, 6.07) is 5.09. The molecule has 1 atom stereocenters. The predicted molar refractivity (Wildman–Crippen MR) is 78.4 cm³/mol. The number of ether oxygens (including phenoxy) is 2. The van der Waals surface area contributed by atoms with E-state index in [0.717, 1.165) is 6.42 Å². The third-order valence-electron chi connectivity index (χ3n) is 3.48. The third-order valence-corrected chi connectivity index (χ3v) is 3.48. The van der Waals surface area contributed by atoms with E-state index >= 15 is 0 Å². The van der Waals surface area contributed by atoms with Crippen LogP contribution in [-0.4, -0.2) is 45.4 Å². The smallest absolute Gasteiger partial charge is 0.407 e. The fraction of sp³-hybridized carbons (Fsp3) is 0.429. The molecule has 3 N–H and O–H groups in total. The number of nitrogens with one attached hydrogen (secondary N) is 1. The third kappa shape index (κ3) is 3.18. The number of alkyl carbamates (subject to hydrolysis) is 1. The van der Waals surface area contributed by atoms with E-state index in [1.54, 1.807) is 18.2 Å². The molecular formula is C14H19N3O4. The fourth-order valence-electron chi connectivity index (χ4n) is 2.50. The summed E-state index contributed by atoms with van der Waals surface area (Å²) in [5.41, 5.74) is 7.59. The number of amides is 1. The van der Waals surface area contributed by atoms with Crippen molar-refractivity contribution in [1.29, 1.82) is 0 Å². The van der Waals surface area contributed by atoms with E-state index in [9.17, 15) is 9.59 Å². The summed E-state index contributed by atoms with van der Waals surface area (Å²) in [5, 5.41) is 2.75. The zero-order chi connectivity index (χ0) is 15.4. The molecule has 0 radical (unpaired) electrons. The highest BCUT2D eigenvalue weighted by Crippen LogP contribution is 2.31. The van der Waals surface area contributed by atoms with Gasteiger partial charge in [-0.05, 0) is 18.6 Å². The van der Waals surface area contributed by atoms with Crippen LogP contribution >= 0.6 is 0 Å². The van der Waals surface area contributed by atoms with E-state index in [1.807, 2.05) is 4.90 Å². The zero-order valence-corrected chi connectivity index (χ0v) is 12.1. The molecule has 21 heavy (non-hydrogen) atoms. The second-order valence-corrected chi connectivity index (χ2v) is 4.80. The van der Waals surface area contributed by atoms with Gasteiger partial charge in [-0.1, -0.05) is 6.07 Å². The average molecular weight is 293 g/mol. The van der Waals surface area contributed by atoms with Gasteiger partial charge in [0.05, 0.1) is 37.2 Å². The van der Waals surface area contributed by atoms with Crippen LogP contribution in [0.4, 0.5) is 16.2 Å². The maximum atomic E-state index is 11.9. The predicted octanol–water partition coefficient (Wildman–Crippen LogP) is 0.990. The number of carbonyl (C=O) groups is 2. The van der Waals surface area contributed by atoms with Crippen LogP contribution in [0.1, 0.15) is 16.8 Å². The number of hydrogen-bond donors (Lipinski definition) is 2. The van der Waals surface area contributed by atoms with Crippen molar-refractivity contribution in [1.82, 2.24) is 5.32 Å². The van der Waals surface area contributed by atoms with Crippen LogP contribution in [0.3, 0.4) is 0 Å². The summed E-state index contributed by atoms with van der Waals surface area (Å²) in [5.74, 6) is -0.429. The Labute approximate surface area is 123 Å². The Morgan fingerprint density at radius 1 is 1.33 bits per heavy atom. The monoisotopic (exact) mass is 293 g/mol. The second kappa shape index (κ2) is 6.34. The Balaban J connectivity index is 2.19. The Morgan fingerprint density at radius 3 is 2.76 bits per heavy atom. The van der Waals surface area contributed by atoms with Crippen molar-refractivity contribution < 1.29 is 19.1 Å². The molecule has 7 heteroatoms. The number of carbonyl (C=O) groups excluding carboxylic acids is 2. The lowest BCUT2D eigenvalue weighted by molar-refractivity contribution is 0.0601. The van der Waals surface area contributed by atoms with Gasteiger partial charge in [-0.15, -0.1) is 0 Å². The van der Waals surface area contributed by atoms with E-state index in [2.05, 4.69) is 10.1 Å². The number of nitrogen functional groups attached to an aromatic ring is 1. The van der Waals surface area contributed by atoms with Crippen molar-refractivity contribution >= 4 is 23.4 Å². The molecule has 0 spiro atoms. The van der Waals surface area contributed by atoms with Gasteiger partial charge in [-0.2, -0.15) is 0 Å². The van der Waals surface area contributed by atoms with E-state index in [1.165, 1.54) is 14.2 Å². The number of hydrogen-bond acceptors (Lipinski definition) is 6. The van der Waals surface area contributed by atoms with Gasteiger partial charge < -0.3 is 25.4 Å². The normalized spacial score (nSPS) is 17.4. The first kappa shape index (κ1) is 15.0. The largest absolute Gasteiger partial charge is 0.465 e. The summed E-state index contributed by atoms with van der Waals surface area (Å²) < 4.78 is 9.38. The van der Waals surface area contributed by atoms with Gasteiger partial charge in [0.15, 0.2) is 0 Å². The molecule has 1 aromatic rings. The van der Waals surface area contributed by atoms with E-state index in [4.69, 9.17) is 10.5 Å². The molecule has 1 amide bonds. The number of anilines is 2. The Kier molecular flexibility index (Phi) is 4.52. The average Bonchev–Trinajstić information content (AvgIpc) is 2.93. The summed E-state index contributed by atoms with van der Waals surface area (Å²) in [6.45, 7) is 1.25. The van der Waals surface area contributed by atoms with Crippen LogP contribution in [-0.2, 0) is 9.47 Å². The van der Waals surface area contributed by atoms with Crippen LogP contribution in [0.15, 0.2) is 18.2 Å². The minimum Gasteiger partial charge on any atom is -0.465 e. The van der Waals surface area contributed by atoms with Crippen molar-refractivity contribution in [2.75, 3.05) is 37.9 Å². The number of rotatable bonds is 3. The maximum absolute atomic E-state index is 11.9. The summed E-state index contributed by atoms with van der Waals surface area (Å²) in [7, 11) is 2.66. The van der Waals surface area contributed by atoms with Crippen molar-refractivity contribution in [3.8, 4) is 0 Å². The molecule has 1 fully saturated rings. The SMILES string of the molecule is COC(=O)NC1CCN(c2c(N)cccc2C(=O)OC)C1. The van der Waals surface area contributed by atoms with Gasteiger partial charge in [-0.25, -0.2) is 9.59 Å². The second-order valence-electron chi connectivity index (χ2n) is 4.80. The number of nitrogens with two attached hydrogens (primary N) is 1. The molecule has 1 saturated heterocycles. The maximum Gasteiger partial charge on any atom is 0.407 e. The molecule has 0 saturated carbocycles. The Bertz CT molecular complexity index is 547. The standard InChI is InChI=1S/C14H19N3O4/c1-20-13(18)10-4-3-5-11(15)12(10)17-7-6-9(8-17)16-14(19)21-2/h3-5,9H,6-8,15H2,1-2H3,(H,16,19). The zero-order valence-electron chi connectivity index (χ0n) is 12.1. The number of methoxy groups -OCH3 is 2. The first-order valence-corrected chi connectivity index (χ1v) is 6.63. The first-order valence-electron chi connectivity index (χ1n) is 6.63. The minimum atomic E-state index is -0.462. The van der Waals surface area contributed by atoms with Crippen molar-refractivity contribution in [2.45, 2.75) is 12.5 Å². The Hall–Kier alpha value is -2.44. The topological polar surface area (TPSA) is 93.9 Å². The van der Waals surface area contributed by atoms with E-state index < -0.39 is 12.1 Å². The van der Waals surface area contributed by atoms with Gasteiger partial charge >= 0.3 is 12.1 Å². The van der Waals surface area contributed by atoms with Crippen molar-refractivity contribution in [3.05, 3.63) is 23.8 Å². The van der Waals surface area contributed by atoms with Crippen LogP contribution in [0, 0.1) is 0 Å². The summed E-state index contributed by atoms with van der Waals surface area (Å²) in [4.78, 5) is 25.1. The van der Waals surface area contributed by atoms with Gasteiger partial charge in [-0.3, -0.25) is 0 Å². The fourth-order valence-corrected chi connectivity index (χ4v) is 2.50. The van der Waals surface area contributed by atoms with Crippen LogP contribution in [0.5, 0.6) is 0 Å². The lowest BCUT2D eigenvalue weighted by Gasteiger charge is -2.23. The number of esters is 1. The molecule has 114 valence electrons. The quantitative estimate of drug-likeness (QED) is 0.637. The minimum absolute atomic E-state index is 0.0393. The van der Waals surface area contributed by atoms with Crippen LogP contribution < -0.4 is 16.0 Å². The molecule has 1 unspecified atom stereocenters. The number of para-hydroxylation sites is 1. The molecule has 7 nitrogen and oxygen atoms in total. The van der Waals surface area contributed by atoms with Gasteiger partial charge in [0.25, 0.3) is 0 Å². The summed E-state index contributed by atoms with van der Waals surface area (Å²) in [6.07, 6.45) is 0.292. The highest BCUT2D eigenvalue weighted by Gasteiger charge is 2.28. The molecule has 0 aliphatic carbocycles. The number of nitrogens with zero attached hydrogens (tertiary/aromatic N) is 1. The molecule has 0 aromatic heterocycles. The van der Waals surface area contributed by atoms with Crippen LogP contribution in [0.2, 0.25) is 0 Å². The lowest BCUT2D eigenvalue weighted by Crippen LogP contribution is -2.37. The highest BCUT2D eigenvalue weighted by molar-refractivity contribution is 5.99. The highest BCUT2D eigenvalue weighted by atomic mass is 16.5. The van der Waals surface area contributed by atoms with E-state index in [0.29, 0.717) is 30.0 Å².